The summed E-state index contributed by atoms with van der Waals surface area (Å²) in [5.74, 6) is 0. The zero-order valence-electron chi connectivity index (χ0n) is 4.88. The van der Waals surface area contributed by atoms with E-state index in [4.69, 9.17) is 0 Å². The lowest BCUT2D eigenvalue weighted by Gasteiger charge is -1.98. The second kappa shape index (κ2) is 2.47. The lowest BCUT2D eigenvalue weighted by molar-refractivity contribution is 0.267. The van der Waals surface area contributed by atoms with Gasteiger partial charge in [-0.3, -0.25) is 0 Å². The Hall–Kier alpha value is -0.380. The van der Waals surface area contributed by atoms with Crippen LogP contribution in [0.2, 0.25) is 0 Å². The van der Waals surface area contributed by atoms with Crippen LogP contribution in [-0.2, 0) is 0 Å². The van der Waals surface area contributed by atoms with Gasteiger partial charge in [0.2, 0.25) is 0 Å². The van der Waals surface area contributed by atoms with Gasteiger partial charge in [0.05, 0.1) is 6.33 Å². The van der Waals surface area contributed by atoms with Gasteiger partial charge in [-0.05, 0) is 22.9 Å². The van der Waals surface area contributed by atoms with E-state index in [1.807, 2.05) is 0 Å². The fourth-order valence-corrected chi connectivity index (χ4v) is 0.834. The molecule has 0 radical (unpaired) electrons. The van der Waals surface area contributed by atoms with Crippen LogP contribution in [0.25, 0.3) is 0 Å². The van der Waals surface area contributed by atoms with Gasteiger partial charge in [0.15, 0.2) is 6.30 Å². The first-order chi connectivity index (χ1) is 4.20. The largest absolute Gasteiger partial charge is 0.306 e. The maximum absolute atomic E-state index is 12.3. The van der Waals surface area contributed by atoms with Crippen molar-refractivity contribution in [2.24, 2.45) is 0 Å². The molecule has 0 saturated carbocycles. The van der Waals surface area contributed by atoms with Gasteiger partial charge >= 0.3 is 0 Å². The van der Waals surface area contributed by atoms with E-state index in [0.29, 0.717) is 4.60 Å². The number of rotatable bonds is 1. The predicted molar refractivity (Wildman–Crippen MR) is 35.7 cm³/mol. The molecule has 0 aliphatic heterocycles. The first kappa shape index (κ1) is 6.74. The molecule has 0 aromatic carbocycles. The van der Waals surface area contributed by atoms with E-state index in [0.717, 1.165) is 0 Å². The van der Waals surface area contributed by atoms with E-state index in [2.05, 4.69) is 20.9 Å². The van der Waals surface area contributed by atoms with E-state index in [9.17, 15) is 4.39 Å². The van der Waals surface area contributed by atoms with Crippen LogP contribution in [0, 0.1) is 0 Å². The molecule has 1 unspecified atom stereocenters. The average Bonchev–Trinajstić information content (AvgIpc) is 2.14. The number of hydrogen-bond donors (Lipinski definition) is 0. The molecule has 1 atom stereocenters. The first-order valence-corrected chi connectivity index (χ1v) is 3.32. The van der Waals surface area contributed by atoms with Gasteiger partial charge in [0.1, 0.15) is 4.60 Å². The Kier molecular flexibility index (Phi) is 1.85. The Morgan fingerprint density at radius 1 is 1.89 bits per heavy atom. The molecule has 0 aliphatic carbocycles. The minimum absolute atomic E-state index is 0.659. The minimum atomic E-state index is -0.996. The standard InChI is InChI=1S/C5H6BrFN2/c1-4(7)9-2-5(6)8-3-9/h2-4H,1H3. The van der Waals surface area contributed by atoms with Gasteiger partial charge in [0.25, 0.3) is 0 Å². The van der Waals surface area contributed by atoms with Crippen LogP contribution in [-0.4, -0.2) is 9.55 Å². The van der Waals surface area contributed by atoms with Crippen molar-refractivity contribution in [1.29, 1.82) is 0 Å². The first-order valence-electron chi connectivity index (χ1n) is 2.53. The molecule has 0 saturated heterocycles. The summed E-state index contributed by atoms with van der Waals surface area (Å²) in [6.07, 6.45) is 2.03. The molecule has 0 bridgehead atoms. The molecule has 4 heteroatoms. The van der Waals surface area contributed by atoms with Crippen LogP contribution in [0.5, 0.6) is 0 Å². The molecule has 0 fully saturated rings. The fourth-order valence-electron chi connectivity index (χ4n) is 0.506. The average molecular weight is 193 g/mol. The van der Waals surface area contributed by atoms with Gasteiger partial charge in [0, 0.05) is 6.20 Å². The van der Waals surface area contributed by atoms with E-state index in [1.54, 1.807) is 6.20 Å². The van der Waals surface area contributed by atoms with Crippen molar-refractivity contribution in [3.05, 3.63) is 17.1 Å². The van der Waals surface area contributed by atoms with Crippen molar-refractivity contribution in [2.75, 3.05) is 0 Å². The second-order valence-corrected chi connectivity index (χ2v) is 2.53. The van der Waals surface area contributed by atoms with E-state index in [1.165, 1.54) is 17.8 Å². The summed E-state index contributed by atoms with van der Waals surface area (Å²) in [4.78, 5) is 3.78. The van der Waals surface area contributed by atoms with Crippen LogP contribution in [0.3, 0.4) is 0 Å². The number of halogens is 2. The van der Waals surface area contributed by atoms with Crippen molar-refractivity contribution >= 4 is 15.9 Å². The van der Waals surface area contributed by atoms with Crippen LogP contribution in [0.1, 0.15) is 13.2 Å². The Labute approximate surface area is 60.8 Å². The summed E-state index contributed by atoms with van der Waals surface area (Å²) < 4.78 is 14.4. The number of aromatic nitrogens is 2. The smallest absolute Gasteiger partial charge is 0.174 e. The molecule has 2 nitrogen and oxygen atoms in total. The molecule has 1 aromatic rings. The molecule has 0 N–H and O–H groups in total. The molecule has 1 rings (SSSR count). The summed E-state index contributed by atoms with van der Waals surface area (Å²) in [5, 5.41) is 0. The predicted octanol–water partition coefficient (Wildman–Crippen LogP) is 2.13. The summed E-state index contributed by atoms with van der Waals surface area (Å²) in [6, 6.07) is 0. The van der Waals surface area contributed by atoms with E-state index < -0.39 is 6.30 Å². The van der Waals surface area contributed by atoms with Crippen LogP contribution >= 0.6 is 15.9 Å². The van der Waals surface area contributed by atoms with Gasteiger partial charge in [-0.2, -0.15) is 0 Å². The van der Waals surface area contributed by atoms with Crippen molar-refractivity contribution in [3.63, 3.8) is 0 Å². The third-order valence-electron chi connectivity index (χ3n) is 0.981. The molecule has 0 spiro atoms. The molecule has 0 aliphatic rings. The van der Waals surface area contributed by atoms with E-state index >= 15 is 0 Å². The number of hydrogen-bond acceptors (Lipinski definition) is 1. The molecule has 0 amide bonds. The highest BCUT2D eigenvalue weighted by Gasteiger charge is 1.99. The summed E-state index contributed by atoms with van der Waals surface area (Å²) in [5.41, 5.74) is 0. The van der Waals surface area contributed by atoms with Gasteiger partial charge in [-0.25, -0.2) is 9.37 Å². The minimum Gasteiger partial charge on any atom is -0.306 e. The van der Waals surface area contributed by atoms with Crippen LogP contribution in [0.4, 0.5) is 4.39 Å². The Morgan fingerprint density at radius 2 is 2.56 bits per heavy atom. The van der Waals surface area contributed by atoms with Gasteiger partial charge in [-0.1, -0.05) is 0 Å². The highest BCUT2D eigenvalue weighted by atomic mass is 79.9. The van der Waals surface area contributed by atoms with Crippen molar-refractivity contribution in [2.45, 2.75) is 13.2 Å². The molecule has 1 heterocycles. The normalized spacial score (nSPS) is 13.7. The topological polar surface area (TPSA) is 17.8 Å². The third-order valence-corrected chi connectivity index (χ3v) is 1.39. The maximum atomic E-state index is 12.3. The highest BCUT2D eigenvalue weighted by molar-refractivity contribution is 9.10. The number of imidazole rings is 1. The van der Waals surface area contributed by atoms with Gasteiger partial charge in [-0.15, -0.1) is 0 Å². The summed E-state index contributed by atoms with van der Waals surface area (Å²) >= 11 is 3.10. The van der Waals surface area contributed by atoms with Crippen molar-refractivity contribution in [3.8, 4) is 0 Å². The zero-order chi connectivity index (χ0) is 6.85. The Morgan fingerprint density at radius 3 is 2.78 bits per heavy atom. The number of alkyl halides is 1. The second-order valence-electron chi connectivity index (χ2n) is 1.72. The maximum Gasteiger partial charge on any atom is 0.174 e. The molecule has 50 valence electrons. The Balaban J connectivity index is 2.85. The van der Waals surface area contributed by atoms with Crippen molar-refractivity contribution < 1.29 is 4.39 Å². The highest BCUT2D eigenvalue weighted by Crippen LogP contribution is 2.10. The SMILES string of the molecule is CC(F)n1cnc(Br)c1. The lowest BCUT2D eigenvalue weighted by atomic mass is 10.7. The third kappa shape index (κ3) is 1.51. The fraction of sp³-hybridized carbons (Fsp3) is 0.400. The molecule has 1 aromatic heterocycles. The van der Waals surface area contributed by atoms with Crippen molar-refractivity contribution in [1.82, 2.24) is 9.55 Å². The summed E-state index contributed by atoms with van der Waals surface area (Å²) in [6.45, 7) is 1.45. The molecular weight excluding hydrogens is 187 g/mol. The quantitative estimate of drug-likeness (QED) is 0.667. The lowest BCUT2D eigenvalue weighted by Crippen LogP contribution is -1.93. The Bertz CT molecular complexity index is 197. The van der Waals surface area contributed by atoms with Crippen LogP contribution < -0.4 is 0 Å². The van der Waals surface area contributed by atoms with Crippen LogP contribution in [0.15, 0.2) is 17.1 Å². The monoisotopic (exact) mass is 192 g/mol. The number of nitrogens with zero attached hydrogens (tertiary/aromatic N) is 2. The van der Waals surface area contributed by atoms with Gasteiger partial charge < -0.3 is 4.57 Å². The van der Waals surface area contributed by atoms with E-state index in [-0.39, 0.29) is 0 Å². The zero-order valence-corrected chi connectivity index (χ0v) is 6.47. The molecule has 9 heavy (non-hydrogen) atoms. The molecular formula is C5H6BrFN2. The summed E-state index contributed by atoms with van der Waals surface area (Å²) in [7, 11) is 0.